The monoisotopic (exact) mass is 275 g/mol. The van der Waals surface area contributed by atoms with E-state index < -0.39 is 0 Å². The van der Waals surface area contributed by atoms with E-state index in [1.807, 2.05) is 40.3 Å². The second-order valence-corrected chi connectivity index (χ2v) is 5.91. The Labute approximate surface area is 116 Å². The van der Waals surface area contributed by atoms with E-state index >= 15 is 0 Å². The van der Waals surface area contributed by atoms with Crippen molar-refractivity contribution in [3.8, 4) is 0 Å². The van der Waals surface area contributed by atoms with Gasteiger partial charge in [-0.25, -0.2) is 0 Å². The van der Waals surface area contributed by atoms with E-state index in [1.165, 1.54) is 11.3 Å². The molecule has 0 unspecified atom stereocenters. The number of amides is 1. The molecule has 1 saturated heterocycles. The normalized spacial score (nSPS) is 16.8. The Morgan fingerprint density at radius 2 is 2.16 bits per heavy atom. The standard InChI is InChI=1S/C14H17N3OS/c1-16-7-6-12(15-16)11-4-8-17(9-5-11)14(18)13-3-2-10-19-13/h2-3,6-7,10-11H,4-5,8-9H2,1H3. The Balaban J connectivity index is 1.62. The van der Waals surface area contributed by atoms with Crippen molar-refractivity contribution in [3.63, 3.8) is 0 Å². The first-order valence-electron chi connectivity index (χ1n) is 6.56. The van der Waals surface area contributed by atoms with Crippen LogP contribution in [0.5, 0.6) is 0 Å². The fourth-order valence-corrected chi connectivity index (χ4v) is 3.28. The average Bonchev–Trinajstić information content (AvgIpc) is 3.09. The highest BCUT2D eigenvalue weighted by Crippen LogP contribution is 2.27. The van der Waals surface area contributed by atoms with Crippen LogP contribution in [0, 0.1) is 0 Å². The molecule has 1 fully saturated rings. The summed E-state index contributed by atoms with van der Waals surface area (Å²) in [5.74, 6) is 0.669. The molecule has 5 heteroatoms. The van der Waals surface area contributed by atoms with Crippen molar-refractivity contribution in [2.24, 2.45) is 7.05 Å². The van der Waals surface area contributed by atoms with Gasteiger partial charge in [-0.15, -0.1) is 11.3 Å². The van der Waals surface area contributed by atoms with Crippen LogP contribution in [-0.4, -0.2) is 33.7 Å². The smallest absolute Gasteiger partial charge is 0.263 e. The van der Waals surface area contributed by atoms with E-state index in [9.17, 15) is 4.79 Å². The zero-order chi connectivity index (χ0) is 13.2. The third-order valence-electron chi connectivity index (χ3n) is 3.67. The summed E-state index contributed by atoms with van der Waals surface area (Å²) in [5, 5.41) is 6.42. The van der Waals surface area contributed by atoms with Gasteiger partial charge in [0.25, 0.3) is 5.91 Å². The van der Waals surface area contributed by atoms with Crippen molar-refractivity contribution in [2.75, 3.05) is 13.1 Å². The molecular weight excluding hydrogens is 258 g/mol. The molecule has 4 nitrogen and oxygen atoms in total. The lowest BCUT2D eigenvalue weighted by atomic mass is 9.93. The first-order valence-corrected chi connectivity index (χ1v) is 7.44. The molecule has 3 rings (SSSR count). The predicted octanol–water partition coefficient (Wildman–Crippen LogP) is 2.50. The Morgan fingerprint density at radius 3 is 2.74 bits per heavy atom. The Morgan fingerprint density at radius 1 is 1.37 bits per heavy atom. The summed E-state index contributed by atoms with van der Waals surface area (Å²) < 4.78 is 1.85. The van der Waals surface area contributed by atoms with Crippen LogP contribution in [0.2, 0.25) is 0 Å². The fraction of sp³-hybridized carbons (Fsp3) is 0.429. The van der Waals surface area contributed by atoms with Crippen LogP contribution in [0.25, 0.3) is 0 Å². The zero-order valence-corrected chi connectivity index (χ0v) is 11.8. The van der Waals surface area contributed by atoms with Gasteiger partial charge < -0.3 is 4.90 Å². The van der Waals surface area contributed by atoms with E-state index in [0.717, 1.165) is 36.5 Å². The number of thiophene rings is 1. The summed E-state index contributed by atoms with van der Waals surface area (Å²) in [4.78, 5) is 15.0. The molecule has 0 N–H and O–H groups in total. The highest BCUT2D eigenvalue weighted by atomic mass is 32.1. The highest BCUT2D eigenvalue weighted by Gasteiger charge is 2.25. The second-order valence-electron chi connectivity index (χ2n) is 4.96. The lowest BCUT2D eigenvalue weighted by molar-refractivity contribution is 0.0717. The van der Waals surface area contributed by atoms with Crippen LogP contribution in [0.1, 0.15) is 34.1 Å². The van der Waals surface area contributed by atoms with Gasteiger partial charge in [0.1, 0.15) is 0 Å². The number of likely N-dealkylation sites (tertiary alicyclic amines) is 1. The Bertz CT molecular complexity index is 553. The summed E-state index contributed by atoms with van der Waals surface area (Å²) in [5.41, 5.74) is 1.16. The lowest BCUT2D eigenvalue weighted by Crippen LogP contribution is -2.37. The van der Waals surface area contributed by atoms with Crippen molar-refractivity contribution in [2.45, 2.75) is 18.8 Å². The number of rotatable bonds is 2. The Kier molecular flexibility index (Phi) is 3.38. The summed E-state index contributed by atoms with van der Waals surface area (Å²) in [6.07, 6.45) is 4.00. The maximum absolute atomic E-state index is 12.2. The molecule has 0 aliphatic carbocycles. The molecule has 0 saturated carbocycles. The molecule has 0 spiro atoms. The quantitative estimate of drug-likeness (QED) is 0.844. The third kappa shape index (κ3) is 2.56. The number of carbonyl (C=O) groups is 1. The maximum Gasteiger partial charge on any atom is 0.263 e. The molecule has 0 aromatic carbocycles. The van der Waals surface area contributed by atoms with Crippen LogP contribution in [0.3, 0.4) is 0 Å². The topological polar surface area (TPSA) is 38.1 Å². The van der Waals surface area contributed by atoms with Gasteiger partial charge in [-0.2, -0.15) is 5.10 Å². The van der Waals surface area contributed by atoms with Crippen molar-refractivity contribution >= 4 is 17.2 Å². The molecule has 1 amide bonds. The minimum atomic E-state index is 0.175. The summed E-state index contributed by atoms with van der Waals surface area (Å²) in [6.45, 7) is 1.66. The van der Waals surface area contributed by atoms with Crippen molar-refractivity contribution < 1.29 is 4.79 Å². The van der Waals surface area contributed by atoms with Gasteiger partial charge in [0.05, 0.1) is 10.6 Å². The molecule has 100 valence electrons. The number of hydrogen-bond acceptors (Lipinski definition) is 3. The highest BCUT2D eigenvalue weighted by molar-refractivity contribution is 7.12. The first-order chi connectivity index (χ1) is 9.24. The van der Waals surface area contributed by atoms with Gasteiger partial charge in [-0.3, -0.25) is 9.48 Å². The van der Waals surface area contributed by atoms with E-state index in [4.69, 9.17) is 0 Å². The average molecular weight is 275 g/mol. The molecule has 0 bridgehead atoms. The van der Waals surface area contributed by atoms with Crippen LogP contribution < -0.4 is 0 Å². The van der Waals surface area contributed by atoms with E-state index in [0.29, 0.717) is 5.92 Å². The van der Waals surface area contributed by atoms with Gasteiger partial charge in [-0.1, -0.05) is 6.07 Å². The van der Waals surface area contributed by atoms with Gasteiger partial charge in [0.2, 0.25) is 0 Å². The molecule has 1 aliphatic rings. The number of carbonyl (C=O) groups excluding carboxylic acids is 1. The van der Waals surface area contributed by atoms with Gasteiger partial charge in [0, 0.05) is 32.3 Å². The number of nitrogens with zero attached hydrogens (tertiary/aromatic N) is 3. The number of aromatic nitrogens is 2. The Hall–Kier alpha value is -1.62. The number of piperidine rings is 1. The molecular formula is C14H17N3OS. The number of hydrogen-bond donors (Lipinski definition) is 0. The zero-order valence-electron chi connectivity index (χ0n) is 11.0. The van der Waals surface area contributed by atoms with Crippen LogP contribution in [0.4, 0.5) is 0 Å². The molecule has 0 radical (unpaired) electrons. The lowest BCUT2D eigenvalue weighted by Gasteiger charge is -2.31. The van der Waals surface area contributed by atoms with Crippen LogP contribution in [0.15, 0.2) is 29.8 Å². The van der Waals surface area contributed by atoms with E-state index in [1.54, 1.807) is 0 Å². The largest absolute Gasteiger partial charge is 0.338 e. The molecule has 0 atom stereocenters. The van der Waals surface area contributed by atoms with Crippen molar-refractivity contribution in [3.05, 3.63) is 40.3 Å². The molecule has 2 aromatic rings. The first kappa shape index (κ1) is 12.4. The summed E-state index contributed by atoms with van der Waals surface area (Å²) in [6, 6.07) is 5.91. The van der Waals surface area contributed by atoms with Crippen LogP contribution >= 0.6 is 11.3 Å². The van der Waals surface area contributed by atoms with E-state index in [2.05, 4.69) is 11.2 Å². The number of aryl methyl sites for hydroxylation is 1. The fourth-order valence-electron chi connectivity index (χ4n) is 2.59. The third-order valence-corrected chi connectivity index (χ3v) is 4.52. The SMILES string of the molecule is Cn1ccc(C2CCN(C(=O)c3cccs3)CC2)n1. The molecule has 3 heterocycles. The summed E-state index contributed by atoms with van der Waals surface area (Å²) >= 11 is 1.52. The molecule has 1 aliphatic heterocycles. The maximum atomic E-state index is 12.2. The predicted molar refractivity (Wildman–Crippen MR) is 75.4 cm³/mol. The van der Waals surface area contributed by atoms with Crippen molar-refractivity contribution in [1.82, 2.24) is 14.7 Å². The van der Waals surface area contributed by atoms with Gasteiger partial charge in [-0.05, 0) is 30.4 Å². The van der Waals surface area contributed by atoms with Crippen molar-refractivity contribution in [1.29, 1.82) is 0 Å². The minimum absolute atomic E-state index is 0.175. The van der Waals surface area contributed by atoms with E-state index in [-0.39, 0.29) is 5.91 Å². The summed E-state index contributed by atoms with van der Waals surface area (Å²) in [7, 11) is 1.94. The second kappa shape index (κ2) is 5.17. The molecule has 19 heavy (non-hydrogen) atoms. The molecule has 2 aromatic heterocycles. The van der Waals surface area contributed by atoms with Gasteiger partial charge in [0.15, 0.2) is 0 Å². The van der Waals surface area contributed by atoms with Crippen LogP contribution in [-0.2, 0) is 7.05 Å². The minimum Gasteiger partial charge on any atom is -0.338 e. The van der Waals surface area contributed by atoms with Gasteiger partial charge >= 0.3 is 0 Å².